The highest BCUT2D eigenvalue weighted by Gasteiger charge is 1.93. The van der Waals surface area contributed by atoms with Crippen LogP contribution in [0.25, 0.3) is 6.08 Å². The van der Waals surface area contributed by atoms with Gasteiger partial charge < -0.3 is 5.11 Å². The second kappa shape index (κ2) is 4.26. The number of nitrogens with zero attached hydrogens (tertiary/aromatic N) is 1. The van der Waals surface area contributed by atoms with Gasteiger partial charge in [0.15, 0.2) is 0 Å². The lowest BCUT2D eigenvalue weighted by atomic mass is 10.2. The fourth-order valence-electron chi connectivity index (χ4n) is 0.758. The Hall–Kier alpha value is -0.670. The molecule has 1 aromatic heterocycles. The number of hydrogen-bond acceptors (Lipinski definition) is 3. The first-order valence-corrected chi connectivity index (χ1v) is 4.43. The predicted octanol–water partition coefficient (Wildman–Crippen LogP) is 1.93. The lowest BCUT2D eigenvalue weighted by Gasteiger charge is -1.95. The number of aliphatic hydroxyl groups is 1. The summed E-state index contributed by atoms with van der Waals surface area (Å²) in [4.78, 5) is 5.04. The molecule has 0 amide bonds. The number of thiazole rings is 1. The minimum atomic E-state index is 0.147. The van der Waals surface area contributed by atoms with Crippen LogP contribution in [0, 0.1) is 0 Å². The molecule has 0 atom stereocenters. The molecule has 0 radical (unpaired) electrons. The zero-order valence-corrected chi connectivity index (χ0v) is 7.27. The first-order chi connectivity index (χ1) is 5.36. The summed E-state index contributed by atoms with van der Waals surface area (Å²) in [5.41, 5.74) is 2.84. The van der Waals surface area contributed by atoms with Gasteiger partial charge in [0.25, 0.3) is 0 Å². The molecule has 0 saturated carbocycles. The second-order valence-corrected chi connectivity index (χ2v) is 3.14. The quantitative estimate of drug-likeness (QED) is 0.750. The summed E-state index contributed by atoms with van der Waals surface area (Å²) in [6.07, 6.45) is 4.68. The summed E-state index contributed by atoms with van der Waals surface area (Å²) in [7, 11) is 0. The maximum atomic E-state index is 8.84. The lowest BCUT2D eigenvalue weighted by Crippen LogP contribution is -1.86. The number of aliphatic hydroxyl groups excluding tert-OH is 1. The number of aromatic nitrogens is 1. The maximum absolute atomic E-state index is 8.84. The standard InChI is InChI=1S/C8H11NOS/c1-2-7(5-10)3-8-4-9-6-11-8/h3-4,6,10H,2,5H2,1H3. The smallest absolute Gasteiger partial charge is 0.0797 e. The molecule has 0 aliphatic rings. The Morgan fingerprint density at radius 1 is 1.82 bits per heavy atom. The molecule has 0 bridgehead atoms. The van der Waals surface area contributed by atoms with E-state index in [0.29, 0.717) is 0 Å². The van der Waals surface area contributed by atoms with Crippen LogP contribution in [0.2, 0.25) is 0 Å². The molecular weight excluding hydrogens is 158 g/mol. The molecule has 1 heterocycles. The van der Waals surface area contributed by atoms with E-state index in [1.165, 1.54) is 0 Å². The van der Waals surface area contributed by atoms with Crippen LogP contribution in [-0.4, -0.2) is 16.7 Å². The third kappa shape index (κ3) is 2.44. The van der Waals surface area contributed by atoms with E-state index in [1.54, 1.807) is 23.0 Å². The van der Waals surface area contributed by atoms with Crippen molar-refractivity contribution >= 4 is 17.4 Å². The van der Waals surface area contributed by atoms with Crippen LogP contribution in [0.1, 0.15) is 18.2 Å². The van der Waals surface area contributed by atoms with Gasteiger partial charge in [0.1, 0.15) is 0 Å². The molecule has 0 aliphatic heterocycles. The second-order valence-electron chi connectivity index (χ2n) is 2.22. The van der Waals surface area contributed by atoms with Gasteiger partial charge in [-0.3, -0.25) is 4.98 Å². The van der Waals surface area contributed by atoms with Crippen molar-refractivity contribution in [3.05, 3.63) is 22.2 Å². The van der Waals surface area contributed by atoms with Gasteiger partial charge in [0, 0.05) is 11.1 Å². The van der Waals surface area contributed by atoms with Gasteiger partial charge in [-0.05, 0) is 18.1 Å². The molecule has 1 aromatic rings. The van der Waals surface area contributed by atoms with Crippen molar-refractivity contribution in [1.82, 2.24) is 4.98 Å². The van der Waals surface area contributed by atoms with Gasteiger partial charge in [-0.15, -0.1) is 11.3 Å². The van der Waals surface area contributed by atoms with Gasteiger partial charge >= 0.3 is 0 Å². The average molecular weight is 169 g/mol. The van der Waals surface area contributed by atoms with Gasteiger partial charge in [-0.2, -0.15) is 0 Å². The van der Waals surface area contributed by atoms with Crippen molar-refractivity contribution in [2.45, 2.75) is 13.3 Å². The van der Waals surface area contributed by atoms with Crippen molar-refractivity contribution in [2.24, 2.45) is 0 Å². The van der Waals surface area contributed by atoms with Gasteiger partial charge in [0.2, 0.25) is 0 Å². The summed E-state index contributed by atoms with van der Waals surface area (Å²) >= 11 is 1.58. The Kier molecular flexibility index (Phi) is 3.26. The van der Waals surface area contributed by atoms with Crippen molar-refractivity contribution < 1.29 is 5.11 Å². The van der Waals surface area contributed by atoms with Crippen LogP contribution in [0.3, 0.4) is 0 Å². The van der Waals surface area contributed by atoms with Gasteiger partial charge in [0.05, 0.1) is 12.1 Å². The largest absolute Gasteiger partial charge is 0.392 e. The monoisotopic (exact) mass is 169 g/mol. The van der Waals surface area contributed by atoms with Crippen molar-refractivity contribution in [3.63, 3.8) is 0 Å². The fraction of sp³-hybridized carbons (Fsp3) is 0.375. The molecule has 11 heavy (non-hydrogen) atoms. The lowest BCUT2D eigenvalue weighted by molar-refractivity contribution is 0.329. The average Bonchev–Trinajstić information content (AvgIpc) is 2.52. The third-order valence-electron chi connectivity index (χ3n) is 1.46. The molecule has 0 spiro atoms. The Morgan fingerprint density at radius 2 is 2.64 bits per heavy atom. The molecule has 60 valence electrons. The van der Waals surface area contributed by atoms with Crippen molar-refractivity contribution in [2.75, 3.05) is 6.61 Å². The molecule has 2 nitrogen and oxygen atoms in total. The van der Waals surface area contributed by atoms with E-state index in [0.717, 1.165) is 16.9 Å². The molecule has 0 aromatic carbocycles. The first-order valence-electron chi connectivity index (χ1n) is 3.55. The van der Waals surface area contributed by atoms with Crippen LogP contribution >= 0.6 is 11.3 Å². The van der Waals surface area contributed by atoms with Gasteiger partial charge in [-0.25, -0.2) is 0 Å². The van der Waals surface area contributed by atoms with E-state index >= 15 is 0 Å². The third-order valence-corrected chi connectivity index (χ3v) is 2.18. The van der Waals surface area contributed by atoms with E-state index in [2.05, 4.69) is 4.98 Å². The predicted molar refractivity (Wildman–Crippen MR) is 47.5 cm³/mol. The molecule has 3 heteroatoms. The van der Waals surface area contributed by atoms with E-state index in [-0.39, 0.29) is 6.61 Å². The molecular formula is C8H11NOS. The summed E-state index contributed by atoms with van der Waals surface area (Å²) in [6, 6.07) is 0. The molecule has 0 aliphatic carbocycles. The molecule has 0 saturated heterocycles. The first kappa shape index (κ1) is 8.43. The summed E-state index contributed by atoms with van der Waals surface area (Å²) in [6.45, 7) is 2.18. The zero-order valence-electron chi connectivity index (χ0n) is 6.45. The topological polar surface area (TPSA) is 33.1 Å². The Labute approximate surface area is 70.2 Å². The Balaban J connectivity index is 2.71. The molecule has 1 N–H and O–H groups in total. The number of rotatable bonds is 3. The maximum Gasteiger partial charge on any atom is 0.0797 e. The van der Waals surface area contributed by atoms with Crippen LogP contribution in [0.4, 0.5) is 0 Å². The van der Waals surface area contributed by atoms with Crippen LogP contribution in [0.5, 0.6) is 0 Å². The Bertz CT molecular complexity index is 222. The van der Waals surface area contributed by atoms with Crippen LogP contribution in [0.15, 0.2) is 17.3 Å². The summed E-state index contributed by atoms with van der Waals surface area (Å²) in [5, 5.41) is 8.84. The highest BCUT2D eigenvalue weighted by atomic mass is 32.1. The minimum Gasteiger partial charge on any atom is -0.392 e. The normalized spacial score (nSPS) is 12.0. The van der Waals surface area contributed by atoms with E-state index in [9.17, 15) is 0 Å². The van der Waals surface area contributed by atoms with E-state index in [4.69, 9.17) is 5.11 Å². The highest BCUT2D eigenvalue weighted by molar-refractivity contribution is 7.10. The SMILES string of the molecule is CCC(=Cc1cncs1)CO. The highest BCUT2D eigenvalue weighted by Crippen LogP contribution is 2.12. The molecule has 0 unspecified atom stereocenters. The zero-order chi connectivity index (χ0) is 8.10. The van der Waals surface area contributed by atoms with Crippen molar-refractivity contribution in [3.8, 4) is 0 Å². The van der Waals surface area contributed by atoms with Crippen LogP contribution < -0.4 is 0 Å². The number of hydrogen-bond donors (Lipinski definition) is 1. The molecule has 1 rings (SSSR count). The minimum absolute atomic E-state index is 0.147. The van der Waals surface area contributed by atoms with Gasteiger partial charge in [-0.1, -0.05) is 6.92 Å². The fourth-order valence-corrected chi connectivity index (χ4v) is 1.36. The Morgan fingerprint density at radius 3 is 3.09 bits per heavy atom. The molecule has 0 fully saturated rings. The van der Waals surface area contributed by atoms with Crippen molar-refractivity contribution in [1.29, 1.82) is 0 Å². The van der Waals surface area contributed by atoms with Crippen LogP contribution in [-0.2, 0) is 0 Å². The van der Waals surface area contributed by atoms with E-state index in [1.807, 2.05) is 13.0 Å². The van der Waals surface area contributed by atoms with E-state index < -0.39 is 0 Å². The summed E-state index contributed by atoms with van der Waals surface area (Å²) in [5.74, 6) is 0. The summed E-state index contributed by atoms with van der Waals surface area (Å²) < 4.78 is 0.